The minimum absolute atomic E-state index is 0.0623. The Morgan fingerprint density at radius 2 is 2.05 bits per heavy atom. The third-order valence-electron chi connectivity index (χ3n) is 2.66. The fourth-order valence-corrected chi connectivity index (χ4v) is 1.58. The van der Waals surface area contributed by atoms with Gasteiger partial charge >= 0.3 is 0 Å². The van der Waals surface area contributed by atoms with Crippen molar-refractivity contribution in [1.82, 2.24) is 15.0 Å². The van der Waals surface area contributed by atoms with E-state index >= 15 is 0 Å². The first kappa shape index (κ1) is 14.8. The molecule has 2 aromatic heterocycles. The van der Waals surface area contributed by atoms with Crippen LogP contribution in [0.25, 0.3) is 0 Å². The smallest absolute Gasteiger partial charge is 0.277 e. The van der Waals surface area contributed by atoms with E-state index in [2.05, 4.69) is 25.7 Å². The zero-order valence-corrected chi connectivity index (χ0v) is 11.6. The minimum Gasteiger partial charge on any atom is -0.321 e. The van der Waals surface area contributed by atoms with Crippen LogP contribution in [0.1, 0.15) is 36.1 Å². The van der Waals surface area contributed by atoms with Crippen molar-refractivity contribution in [2.24, 2.45) is 5.84 Å². The average Bonchev–Trinajstić information content (AvgIpc) is 2.48. The predicted molar refractivity (Wildman–Crippen MR) is 76.1 cm³/mol. The maximum absolute atomic E-state index is 12.8. The number of nitrogens with one attached hydrogen (secondary N) is 2. The Kier molecular flexibility index (Phi) is 4.39. The number of rotatable bonds is 4. The maximum atomic E-state index is 12.8. The molecule has 0 aliphatic carbocycles. The summed E-state index contributed by atoms with van der Waals surface area (Å²) in [7, 11) is 0. The molecule has 8 heteroatoms. The van der Waals surface area contributed by atoms with Gasteiger partial charge in [-0.25, -0.2) is 19.3 Å². The number of carbonyl (C=O) groups excluding carboxylic acids is 1. The van der Waals surface area contributed by atoms with E-state index in [1.165, 1.54) is 18.3 Å². The molecule has 110 valence electrons. The van der Waals surface area contributed by atoms with E-state index in [9.17, 15) is 9.18 Å². The number of amides is 1. The molecule has 0 atom stereocenters. The molecule has 0 aromatic carbocycles. The monoisotopic (exact) mass is 290 g/mol. The third-order valence-corrected chi connectivity index (χ3v) is 2.66. The highest BCUT2D eigenvalue weighted by molar-refractivity contribution is 6.05. The van der Waals surface area contributed by atoms with Crippen LogP contribution in [0.5, 0.6) is 0 Å². The number of halogens is 1. The van der Waals surface area contributed by atoms with Crippen molar-refractivity contribution in [2.75, 3.05) is 10.7 Å². The molecule has 0 saturated carbocycles. The van der Waals surface area contributed by atoms with Gasteiger partial charge in [-0.15, -0.1) is 0 Å². The molecule has 2 rings (SSSR count). The molecule has 0 aliphatic heterocycles. The van der Waals surface area contributed by atoms with Gasteiger partial charge in [0.2, 0.25) is 0 Å². The first-order valence-corrected chi connectivity index (χ1v) is 6.27. The molecular weight excluding hydrogens is 275 g/mol. The number of hydrogen-bond acceptors (Lipinski definition) is 6. The molecule has 0 bridgehead atoms. The molecule has 4 N–H and O–H groups in total. The highest BCUT2D eigenvalue weighted by atomic mass is 19.1. The summed E-state index contributed by atoms with van der Waals surface area (Å²) < 4.78 is 12.8. The van der Waals surface area contributed by atoms with Crippen LogP contribution in [-0.4, -0.2) is 20.9 Å². The number of aromatic nitrogens is 3. The average molecular weight is 290 g/mol. The zero-order valence-electron chi connectivity index (χ0n) is 11.6. The highest BCUT2D eigenvalue weighted by Crippen LogP contribution is 2.16. The molecule has 2 heterocycles. The molecule has 0 fully saturated rings. The lowest BCUT2D eigenvalue weighted by Crippen LogP contribution is -2.21. The SMILES string of the molecule is CC(C)c1ncc(NN)c(C(=O)Nc2ccc(F)cn2)n1. The van der Waals surface area contributed by atoms with Crippen LogP contribution in [0.4, 0.5) is 15.9 Å². The molecule has 0 spiro atoms. The molecule has 7 nitrogen and oxygen atoms in total. The van der Waals surface area contributed by atoms with Gasteiger partial charge in [0.05, 0.1) is 18.1 Å². The van der Waals surface area contributed by atoms with E-state index in [1.54, 1.807) is 0 Å². The van der Waals surface area contributed by atoms with Gasteiger partial charge in [0.25, 0.3) is 5.91 Å². The summed E-state index contributed by atoms with van der Waals surface area (Å²) in [5, 5.41) is 2.52. The Bertz CT molecular complexity index is 644. The third kappa shape index (κ3) is 3.48. The fraction of sp³-hybridized carbons (Fsp3) is 0.231. The summed E-state index contributed by atoms with van der Waals surface area (Å²) in [6, 6.07) is 2.55. The zero-order chi connectivity index (χ0) is 15.4. The van der Waals surface area contributed by atoms with Gasteiger partial charge in [0.15, 0.2) is 5.69 Å². The summed E-state index contributed by atoms with van der Waals surface area (Å²) in [5.41, 5.74) is 2.76. The second kappa shape index (κ2) is 6.23. The van der Waals surface area contributed by atoms with Gasteiger partial charge in [0.1, 0.15) is 17.5 Å². The molecule has 0 saturated heterocycles. The fourth-order valence-electron chi connectivity index (χ4n) is 1.58. The van der Waals surface area contributed by atoms with Crippen molar-refractivity contribution in [2.45, 2.75) is 19.8 Å². The van der Waals surface area contributed by atoms with Crippen LogP contribution < -0.4 is 16.6 Å². The van der Waals surface area contributed by atoms with E-state index in [-0.39, 0.29) is 17.4 Å². The number of hydrogen-bond donors (Lipinski definition) is 3. The summed E-state index contributed by atoms with van der Waals surface area (Å²) in [6.07, 6.45) is 2.45. The van der Waals surface area contributed by atoms with Gasteiger partial charge in [-0.2, -0.15) is 0 Å². The van der Waals surface area contributed by atoms with E-state index < -0.39 is 11.7 Å². The maximum Gasteiger partial charge on any atom is 0.277 e. The lowest BCUT2D eigenvalue weighted by Gasteiger charge is -2.11. The van der Waals surface area contributed by atoms with E-state index in [1.807, 2.05) is 13.8 Å². The number of hydrazine groups is 1. The lowest BCUT2D eigenvalue weighted by molar-refractivity contribution is 0.102. The molecule has 2 aromatic rings. The number of anilines is 2. The van der Waals surface area contributed by atoms with E-state index in [0.717, 1.165) is 6.20 Å². The Hall–Kier alpha value is -2.61. The Balaban J connectivity index is 2.28. The van der Waals surface area contributed by atoms with Crippen LogP contribution in [-0.2, 0) is 0 Å². The lowest BCUT2D eigenvalue weighted by atomic mass is 10.2. The molecule has 0 aliphatic rings. The first-order chi connectivity index (χ1) is 10.0. The van der Waals surface area contributed by atoms with Crippen molar-refractivity contribution >= 4 is 17.4 Å². The Labute approximate surface area is 120 Å². The van der Waals surface area contributed by atoms with Gasteiger partial charge in [0, 0.05) is 5.92 Å². The van der Waals surface area contributed by atoms with Crippen molar-refractivity contribution in [3.05, 3.63) is 41.9 Å². The number of nitrogens with zero attached hydrogens (tertiary/aromatic N) is 3. The van der Waals surface area contributed by atoms with Crippen molar-refractivity contribution in [1.29, 1.82) is 0 Å². The van der Waals surface area contributed by atoms with Gasteiger partial charge in [-0.3, -0.25) is 10.6 Å². The standard InChI is InChI=1S/C13H15FN6O/c1-7(2)12-17-6-9(20-15)11(19-12)13(21)18-10-4-3-8(14)5-16-10/h3-7,20H,15H2,1-2H3,(H,16,18,21). The molecule has 1 amide bonds. The number of carbonyl (C=O) groups is 1. The normalized spacial score (nSPS) is 10.5. The molecule has 0 unspecified atom stereocenters. The summed E-state index contributed by atoms with van der Waals surface area (Å²) in [4.78, 5) is 24.3. The molecule has 0 radical (unpaired) electrons. The van der Waals surface area contributed by atoms with Crippen molar-refractivity contribution in [3.63, 3.8) is 0 Å². The van der Waals surface area contributed by atoms with Gasteiger partial charge in [-0.05, 0) is 12.1 Å². The van der Waals surface area contributed by atoms with Gasteiger partial charge in [-0.1, -0.05) is 13.8 Å². The second-order valence-corrected chi connectivity index (χ2v) is 4.61. The summed E-state index contributed by atoms with van der Waals surface area (Å²) in [5.74, 6) is 5.16. The largest absolute Gasteiger partial charge is 0.321 e. The Morgan fingerprint density at radius 3 is 2.62 bits per heavy atom. The van der Waals surface area contributed by atoms with Crippen LogP contribution in [0.15, 0.2) is 24.5 Å². The van der Waals surface area contributed by atoms with Crippen molar-refractivity contribution < 1.29 is 9.18 Å². The van der Waals surface area contributed by atoms with Crippen LogP contribution in [0.3, 0.4) is 0 Å². The van der Waals surface area contributed by atoms with Crippen LogP contribution in [0.2, 0.25) is 0 Å². The number of nitrogens with two attached hydrogens (primary N) is 1. The van der Waals surface area contributed by atoms with E-state index in [0.29, 0.717) is 11.5 Å². The summed E-state index contributed by atoms with van der Waals surface area (Å²) in [6.45, 7) is 3.82. The van der Waals surface area contributed by atoms with Crippen molar-refractivity contribution in [3.8, 4) is 0 Å². The van der Waals surface area contributed by atoms with Crippen LogP contribution in [0, 0.1) is 5.82 Å². The predicted octanol–water partition coefficient (Wildman–Crippen LogP) is 1.67. The number of nitrogen functional groups attached to an aromatic ring is 1. The Morgan fingerprint density at radius 1 is 1.29 bits per heavy atom. The number of pyridine rings is 1. The highest BCUT2D eigenvalue weighted by Gasteiger charge is 2.16. The van der Waals surface area contributed by atoms with Crippen LogP contribution >= 0.6 is 0 Å². The second-order valence-electron chi connectivity index (χ2n) is 4.61. The quantitative estimate of drug-likeness (QED) is 0.584. The minimum atomic E-state index is -0.508. The van der Waals surface area contributed by atoms with E-state index in [4.69, 9.17) is 5.84 Å². The molecular formula is C13H15FN6O. The topological polar surface area (TPSA) is 106 Å². The molecule has 21 heavy (non-hydrogen) atoms. The first-order valence-electron chi connectivity index (χ1n) is 6.27. The van der Waals surface area contributed by atoms with Gasteiger partial charge < -0.3 is 10.7 Å². The summed E-state index contributed by atoms with van der Waals surface area (Å²) >= 11 is 0.